The zero-order valence-corrected chi connectivity index (χ0v) is 20.4. The summed E-state index contributed by atoms with van der Waals surface area (Å²) in [5, 5.41) is 4.60. The van der Waals surface area contributed by atoms with Crippen LogP contribution in [0.25, 0.3) is 27.9 Å². The molecule has 0 saturated carbocycles. The molecule has 6 nitrogen and oxygen atoms in total. The summed E-state index contributed by atoms with van der Waals surface area (Å²) in [6, 6.07) is 14.3. The minimum atomic E-state index is -3.09. The van der Waals surface area contributed by atoms with E-state index in [1.165, 1.54) is 33.3 Å². The van der Waals surface area contributed by atoms with Crippen molar-refractivity contribution in [3.05, 3.63) is 106 Å². The smallest absolute Gasteiger partial charge is 0.265 e. The van der Waals surface area contributed by atoms with Gasteiger partial charge in [0.25, 0.3) is 0 Å². The molecule has 0 aliphatic rings. The number of pyridine rings is 3. The van der Waals surface area contributed by atoms with Crippen LogP contribution in [-0.4, -0.2) is 24.1 Å². The molecule has 0 amide bonds. The Hall–Kier alpha value is -3.54. The average Bonchev–Trinajstić information content (AvgIpc) is 3.15. The SMILES string of the molecule is Cc1nc(C(F)(F)I)ccc1Cn1nc2c(-c3ccncc3)c(-c3ccc(F)cc3)ccn2c1=O. The lowest BCUT2D eigenvalue weighted by Gasteiger charge is -2.11. The molecule has 35 heavy (non-hydrogen) atoms. The molecule has 0 fully saturated rings. The fraction of sp³-hybridized carbons (Fsp3) is 0.120. The normalized spacial score (nSPS) is 11.8. The first-order chi connectivity index (χ1) is 16.7. The van der Waals surface area contributed by atoms with E-state index in [9.17, 15) is 18.0 Å². The quantitative estimate of drug-likeness (QED) is 0.199. The van der Waals surface area contributed by atoms with Gasteiger partial charge in [-0.05, 0) is 65.6 Å². The van der Waals surface area contributed by atoms with Gasteiger partial charge >= 0.3 is 9.62 Å². The molecule has 5 rings (SSSR count). The zero-order chi connectivity index (χ0) is 24.7. The van der Waals surface area contributed by atoms with E-state index in [-0.39, 0.29) is 23.7 Å². The summed E-state index contributed by atoms with van der Waals surface area (Å²) in [4.78, 5) is 21.3. The lowest BCUT2D eigenvalue weighted by Crippen LogP contribution is -2.22. The molecule has 1 aromatic carbocycles. The number of benzene rings is 1. The van der Waals surface area contributed by atoms with Crippen LogP contribution in [0, 0.1) is 12.7 Å². The first-order valence-corrected chi connectivity index (χ1v) is 11.6. The molecule has 0 radical (unpaired) electrons. The summed E-state index contributed by atoms with van der Waals surface area (Å²) in [5.41, 5.74) is 3.68. The van der Waals surface area contributed by atoms with E-state index < -0.39 is 3.93 Å². The van der Waals surface area contributed by atoms with Crippen LogP contribution in [0.5, 0.6) is 0 Å². The van der Waals surface area contributed by atoms with Gasteiger partial charge in [0.15, 0.2) is 5.65 Å². The Balaban J connectivity index is 1.67. The Morgan fingerprint density at radius 3 is 2.34 bits per heavy atom. The van der Waals surface area contributed by atoms with Gasteiger partial charge in [0.1, 0.15) is 11.5 Å². The highest BCUT2D eigenvalue weighted by Gasteiger charge is 2.29. The summed E-state index contributed by atoms with van der Waals surface area (Å²) in [6.07, 6.45) is 4.90. The first kappa shape index (κ1) is 23.2. The van der Waals surface area contributed by atoms with Crippen LogP contribution in [0.15, 0.2) is 78.0 Å². The maximum atomic E-state index is 13.6. The van der Waals surface area contributed by atoms with Crippen LogP contribution in [0.4, 0.5) is 13.2 Å². The molecular weight excluding hydrogens is 570 g/mol. The molecule has 0 aliphatic heterocycles. The van der Waals surface area contributed by atoms with E-state index in [0.29, 0.717) is 22.5 Å². The van der Waals surface area contributed by atoms with Crippen LogP contribution < -0.4 is 5.69 Å². The number of aryl methyl sites for hydroxylation is 1. The van der Waals surface area contributed by atoms with Gasteiger partial charge in [-0.15, -0.1) is 5.10 Å². The summed E-state index contributed by atoms with van der Waals surface area (Å²) >= 11 is 1.04. The largest absolute Gasteiger partial charge is 0.350 e. The molecule has 4 aromatic heterocycles. The standard InChI is InChI=1S/C25H17F3IN5O/c1-15-18(4-7-21(31-15)25(27,28)29)14-34-24(35)33-13-10-20(16-2-5-19(26)6-3-16)22(23(33)32-34)17-8-11-30-12-9-17/h2-13H,14H2,1H3. The molecule has 0 bridgehead atoms. The van der Waals surface area contributed by atoms with Gasteiger partial charge in [-0.3, -0.25) is 9.97 Å². The van der Waals surface area contributed by atoms with Crippen LogP contribution in [0.3, 0.4) is 0 Å². The van der Waals surface area contributed by atoms with Crippen molar-refractivity contribution in [2.75, 3.05) is 0 Å². The molecule has 10 heteroatoms. The Morgan fingerprint density at radius 1 is 0.971 bits per heavy atom. The van der Waals surface area contributed by atoms with E-state index >= 15 is 0 Å². The van der Waals surface area contributed by atoms with E-state index in [1.807, 2.05) is 12.1 Å². The Morgan fingerprint density at radius 2 is 1.69 bits per heavy atom. The second-order valence-electron chi connectivity index (χ2n) is 7.92. The van der Waals surface area contributed by atoms with E-state index in [1.54, 1.807) is 43.7 Å². The molecule has 0 saturated heterocycles. The zero-order valence-electron chi connectivity index (χ0n) is 18.3. The Kier molecular flexibility index (Phi) is 5.91. The molecule has 4 heterocycles. The number of rotatable bonds is 5. The lowest BCUT2D eigenvalue weighted by atomic mass is 9.96. The van der Waals surface area contributed by atoms with Gasteiger partial charge < -0.3 is 0 Å². The summed E-state index contributed by atoms with van der Waals surface area (Å²) in [5.74, 6) is -0.351. The van der Waals surface area contributed by atoms with Crippen molar-refractivity contribution in [1.29, 1.82) is 0 Å². The third kappa shape index (κ3) is 4.45. The maximum Gasteiger partial charge on any atom is 0.350 e. The fourth-order valence-corrected chi connectivity index (χ4v) is 4.23. The van der Waals surface area contributed by atoms with Crippen LogP contribution in [0.1, 0.15) is 17.0 Å². The molecule has 5 aromatic rings. The first-order valence-electron chi connectivity index (χ1n) is 10.5. The predicted octanol–water partition coefficient (Wildman–Crippen LogP) is 5.60. The third-order valence-corrected chi connectivity index (χ3v) is 6.24. The topological polar surface area (TPSA) is 65.1 Å². The van der Waals surface area contributed by atoms with Crippen LogP contribution in [0.2, 0.25) is 0 Å². The number of fused-ring (bicyclic) bond motifs is 1. The highest BCUT2D eigenvalue weighted by atomic mass is 127. The van der Waals surface area contributed by atoms with Gasteiger partial charge in [0, 0.05) is 52.4 Å². The second kappa shape index (κ2) is 8.91. The van der Waals surface area contributed by atoms with Crippen molar-refractivity contribution in [3.8, 4) is 22.3 Å². The van der Waals surface area contributed by atoms with Crippen molar-refractivity contribution in [3.63, 3.8) is 0 Å². The molecule has 0 atom stereocenters. The number of hydrogen-bond donors (Lipinski definition) is 0. The van der Waals surface area contributed by atoms with Crippen molar-refractivity contribution < 1.29 is 13.2 Å². The number of alkyl halides is 3. The number of hydrogen-bond acceptors (Lipinski definition) is 4. The summed E-state index contributed by atoms with van der Waals surface area (Å²) in [7, 11) is 0. The number of halogens is 4. The molecule has 0 unspecified atom stereocenters. The molecule has 0 aliphatic carbocycles. The average molecular weight is 587 g/mol. The van der Waals surface area contributed by atoms with Gasteiger partial charge in [-0.25, -0.2) is 18.3 Å². The molecular formula is C25H17F3IN5O. The summed E-state index contributed by atoms with van der Waals surface area (Å²) < 4.78 is 40.4. The van der Waals surface area contributed by atoms with Gasteiger partial charge in [-0.2, -0.15) is 8.78 Å². The van der Waals surface area contributed by atoms with Crippen LogP contribution >= 0.6 is 22.6 Å². The van der Waals surface area contributed by atoms with Crippen molar-refractivity contribution in [2.24, 2.45) is 0 Å². The fourth-order valence-electron chi connectivity index (χ4n) is 3.93. The van der Waals surface area contributed by atoms with Crippen molar-refractivity contribution >= 4 is 28.2 Å². The Labute approximate surface area is 211 Å². The van der Waals surface area contributed by atoms with E-state index in [2.05, 4.69) is 15.1 Å². The van der Waals surface area contributed by atoms with E-state index in [0.717, 1.165) is 39.3 Å². The minimum absolute atomic E-state index is 0.0636. The summed E-state index contributed by atoms with van der Waals surface area (Å²) in [6.45, 7) is 1.69. The van der Waals surface area contributed by atoms with Gasteiger partial charge in [0.2, 0.25) is 0 Å². The molecule has 0 spiro atoms. The highest BCUT2D eigenvalue weighted by Crippen LogP contribution is 2.35. The van der Waals surface area contributed by atoms with Gasteiger partial charge in [-0.1, -0.05) is 18.2 Å². The number of nitrogens with zero attached hydrogens (tertiary/aromatic N) is 5. The number of aromatic nitrogens is 5. The minimum Gasteiger partial charge on any atom is -0.265 e. The van der Waals surface area contributed by atoms with Gasteiger partial charge in [0.05, 0.1) is 6.54 Å². The molecule has 176 valence electrons. The maximum absolute atomic E-state index is 13.6. The molecule has 0 N–H and O–H groups in total. The third-order valence-electron chi connectivity index (χ3n) is 5.68. The second-order valence-corrected chi connectivity index (χ2v) is 9.27. The lowest BCUT2D eigenvalue weighted by molar-refractivity contribution is 0.122. The monoisotopic (exact) mass is 587 g/mol. The Bertz CT molecular complexity index is 1590. The van der Waals surface area contributed by atoms with Crippen LogP contribution in [-0.2, 0) is 10.5 Å². The van der Waals surface area contributed by atoms with Crippen molar-refractivity contribution in [2.45, 2.75) is 17.4 Å². The highest BCUT2D eigenvalue weighted by molar-refractivity contribution is 14.1. The predicted molar refractivity (Wildman–Crippen MR) is 134 cm³/mol. The van der Waals surface area contributed by atoms with Crippen molar-refractivity contribution in [1.82, 2.24) is 24.1 Å². The van der Waals surface area contributed by atoms with E-state index in [4.69, 9.17) is 0 Å².